The lowest BCUT2D eigenvalue weighted by molar-refractivity contribution is -0.658. The summed E-state index contributed by atoms with van der Waals surface area (Å²) in [5.41, 5.74) is 1.73. The highest BCUT2D eigenvalue weighted by Gasteiger charge is 2.01. The summed E-state index contributed by atoms with van der Waals surface area (Å²) in [6, 6.07) is 9.56. The molecule has 0 aliphatic rings. The fraction of sp³-hybridized carbons (Fsp3) is 0.154. The number of rotatable bonds is 3. The lowest BCUT2D eigenvalue weighted by Gasteiger charge is -1.89. The number of hydrogen-bond acceptors (Lipinski definition) is 3. The molecule has 2 heterocycles. The second-order valence-corrected chi connectivity index (χ2v) is 3.92. The second-order valence-electron chi connectivity index (χ2n) is 3.92. The molecule has 104 valence electrons. The number of nitrogens with one attached hydrogen (secondary N) is 1. The average Bonchev–Trinajstić information content (AvgIpc) is 2.42. The van der Waals surface area contributed by atoms with E-state index >= 15 is 0 Å². The van der Waals surface area contributed by atoms with Gasteiger partial charge in [-0.25, -0.2) is 4.57 Å². The Hall–Kier alpha value is -2.34. The third kappa shape index (κ3) is 4.40. The molecule has 0 saturated carbocycles. The van der Waals surface area contributed by atoms with Gasteiger partial charge < -0.3 is 17.4 Å². The van der Waals surface area contributed by atoms with Gasteiger partial charge in [0.05, 0.1) is 18.4 Å². The number of aryl methyl sites for hydroxylation is 2. The third-order valence-electron chi connectivity index (χ3n) is 2.48. The van der Waals surface area contributed by atoms with Crippen molar-refractivity contribution < 1.29 is 17.0 Å². The first-order chi connectivity index (χ1) is 9.27. The van der Waals surface area contributed by atoms with Crippen LogP contribution >= 0.6 is 0 Å². The summed E-state index contributed by atoms with van der Waals surface area (Å²) in [4.78, 5) is 3.00. The van der Waals surface area contributed by atoms with Gasteiger partial charge in [0.2, 0.25) is 0 Å². The fourth-order valence-electron chi connectivity index (χ4n) is 1.43. The zero-order chi connectivity index (χ0) is 13.5. The standard InChI is InChI=1S/C13H14N6.ClH/c1-11-6-5-8-14-13(11)18-16-10-15-17-12-7-3-4-9-19(12)2;/h3-10H,1-2H3;1H. The molecule has 2 rings (SSSR count). The van der Waals surface area contributed by atoms with Crippen LogP contribution in [0.25, 0.3) is 0 Å². The number of nitrogens with zero attached hydrogens (tertiary/aromatic N) is 5. The normalized spacial score (nSPS) is 12.0. The van der Waals surface area contributed by atoms with Crippen LogP contribution in [0, 0.1) is 6.92 Å². The predicted molar refractivity (Wildman–Crippen MR) is 71.7 cm³/mol. The number of aromatic nitrogens is 2. The highest BCUT2D eigenvalue weighted by molar-refractivity contribution is 5.54. The number of aromatic amines is 1. The molecule has 6 nitrogen and oxygen atoms in total. The summed E-state index contributed by atoms with van der Waals surface area (Å²) >= 11 is 0. The Labute approximate surface area is 123 Å². The Kier molecular flexibility index (Phi) is 6.25. The van der Waals surface area contributed by atoms with Gasteiger partial charge >= 0.3 is 5.82 Å². The van der Waals surface area contributed by atoms with Gasteiger partial charge in [-0.15, -0.1) is 10.2 Å². The van der Waals surface area contributed by atoms with Gasteiger partial charge in [-0.3, -0.25) is 0 Å². The number of pyridine rings is 2. The van der Waals surface area contributed by atoms with Crippen LogP contribution in [0.15, 0.2) is 63.2 Å². The van der Waals surface area contributed by atoms with Gasteiger partial charge in [-0.1, -0.05) is 12.1 Å². The minimum absolute atomic E-state index is 0. The van der Waals surface area contributed by atoms with Crippen LogP contribution in [0.4, 0.5) is 5.82 Å². The van der Waals surface area contributed by atoms with E-state index in [4.69, 9.17) is 0 Å². The number of halogens is 1. The molecule has 0 atom stereocenters. The van der Waals surface area contributed by atoms with Gasteiger partial charge in [0, 0.05) is 12.3 Å². The Bertz CT molecular complexity index is 674. The Morgan fingerprint density at radius 1 is 1.20 bits per heavy atom. The van der Waals surface area contributed by atoms with Crippen LogP contribution in [0.2, 0.25) is 0 Å². The summed E-state index contributed by atoms with van der Waals surface area (Å²) in [6.45, 7) is 1.95. The van der Waals surface area contributed by atoms with Gasteiger partial charge in [-0.2, -0.15) is 0 Å². The molecule has 0 aliphatic carbocycles. The molecule has 20 heavy (non-hydrogen) atoms. The van der Waals surface area contributed by atoms with E-state index in [-0.39, 0.29) is 12.4 Å². The molecule has 1 N–H and O–H groups in total. The van der Waals surface area contributed by atoms with Crippen LogP contribution in [-0.4, -0.2) is 11.3 Å². The first-order valence-corrected chi connectivity index (χ1v) is 5.83. The van der Waals surface area contributed by atoms with E-state index < -0.39 is 0 Å². The molecule has 0 bridgehead atoms. The molecule has 2 aromatic rings. The summed E-state index contributed by atoms with van der Waals surface area (Å²) in [6.07, 6.45) is 5.01. The fourth-order valence-corrected chi connectivity index (χ4v) is 1.43. The third-order valence-corrected chi connectivity index (χ3v) is 2.48. The summed E-state index contributed by atoms with van der Waals surface area (Å²) in [7, 11) is 1.90. The molecule has 0 aliphatic heterocycles. The highest BCUT2D eigenvalue weighted by atomic mass is 35.5. The summed E-state index contributed by atoms with van der Waals surface area (Å²) in [5.74, 6) is 0.747. The predicted octanol–water partition coefficient (Wildman–Crippen LogP) is -1.22. The molecule has 0 aromatic carbocycles. The van der Waals surface area contributed by atoms with E-state index in [1.165, 1.54) is 6.34 Å². The van der Waals surface area contributed by atoms with E-state index in [0.29, 0.717) is 5.49 Å². The summed E-state index contributed by atoms with van der Waals surface area (Å²) in [5, 5.41) is 15.7. The monoisotopic (exact) mass is 290 g/mol. The maximum absolute atomic E-state index is 4.03. The van der Waals surface area contributed by atoms with E-state index in [9.17, 15) is 0 Å². The minimum atomic E-state index is 0. The van der Waals surface area contributed by atoms with Gasteiger partial charge in [0.25, 0.3) is 0 Å². The maximum Gasteiger partial charge on any atom is 0.350 e. The van der Waals surface area contributed by atoms with Crippen molar-refractivity contribution in [3.05, 3.63) is 53.8 Å². The molecule has 0 fully saturated rings. The van der Waals surface area contributed by atoms with Crippen LogP contribution in [-0.2, 0) is 7.05 Å². The van der Waals surface area contributed by atoms with Gasteiger partial charge in [-0.05, 0) is 29.7 Å². The van der Waals surface area contributed by atoms with Crippen molar-refractivity contribution in [3.63, 3.8) is 0 Å². The van der Waals surface area contributed by atoms with Crippen LogP contribution in [0.5, 0.6) is 0 Å². The zero-order valence-electron chi connectivity index (χ0n) is 11.2. The number of H-pyrrole nitrogens is 1. The Morgan fingerprint density at radius 2 is 2.05 bits per heavy atom. The van der Waals surface area contributed by atoms with Gasteiger partial charge in [0.1, 0.15) is 0 Å². The summed E-state index contributed by atoms with van der Waals surface area (Å²) < 4.78 is 1.86. The van der Waals surface area contributed by atoms with Crippen molar-refractivity contribution in [2.45, 2.75) is 6.92 Å². The SMILES string of the molecule is Cc1ccc[nH]\c1=N/N=C/N=N/c1cccc[n+]1C.[Cl-]. The molecular formula is C13H15ClN6. The number of hydrogen-bond donors (Lipinski definition) is 1. The molecule has 0 amide bonds. The molecule has 0 spiro atoms. The zero-order valence-corrected chi connectivity index (χ0v) is 12.0. The van der Waals surface area contributed by atoms with Crippen molar-refractivity contribution in [3.8, 4) is 0 Å². The van der Waals surface area contributed by atoms with E-state index in [2.05, 4.69) is 25.4 Å². The van der Waals surface area contributed by atoms with Crippen LogP contribution in [0.1, 0.15) is 5.56 Å². The smallest absolute Gasteiger partial charge is 0.350 e. The maximum atomic E-state index is 4.03. The van der Waals surface area contributed by atoms with Crippen molar-refractivity contribution in [2.75, 3.05) is 0 Å². The molecule has 2 aromatic heterocycles. The molecular weight excluding hydrogens is 276 g/mol. The Morgan fingerprint density at radius 3 is 2.80 bits per heavy atom. The average molecular weight is 291 g/mol. The largest absolute Gasteiger partial charge is 1.00 e. The quantitative estimate of drug-likeness (QED) is 0.242. The number of azo groups is 1. The first kappa shape index (κ1) is 15.7. The van der Waals surface area contributed by atoms with Crippen molar-refractivity contribution in [1.82, 2.24) is 4.98 Å². The second kappa shape index (κ2) is 7.96. The lowest BCUT2D eigenvalue weighted by atomic mass is 10.3. The molecule has 0 radical (unpaired) electrons. The topological polar surface area (TPSA) is 69.1 Å². The molecule has 7 heteroatoms. The van der Waals surface area contributed by atoms with E-state index in [1.54, 1.807) is 6.20 Å². The minimum Gasteiger partial charge on any atom is -1.00 e. The van der Waals surface area contributed by atoms with E-state index in [1.807, 2.05) is 55.1 Å². The Balaban J connectivity index is 0.00000200. The molecule has 0 unspecified atom stereocenters. The van der Waals surface area contributed by atoms with E-state index in [0.717, 1.165) is 11.4 Å². The van der Waals surface area contributed by atoms with Crippen LogP contribution < -0.4 is 22.5 Å². The van der Waals surface area contributed by atoms with Crippen LogP contribution in [0.3, 0.4) is 0 Å². The lowest BCUT2D eigenvalue weighted by Crippen LogP contribution is -3.00. The highest BCUT2D eigenvalue weighted by Crippen LogP contribution is 2.01. The van der Waals surface area contributed by atoms with Gasteiger partial charge in [0.15, 0.2) is 11.8 Å². The first-order valence-electron chi connectivity index (χ1n) is 5.83. The van der Waals surface area contributed by atoms with Crippen molar-refractivity contribution in [1.29, 1.82) is 0 Å². The van der Waals surface area contributed by atoms with Crippen molar-refractivity contribution in [2.24, 2.45) is 27.5 Å². The van der Waals surface area contributed by atoms with Crippen molar-refractivity contribution >= 4 is 12.2 Å². The molecule has 0 saturated heterocycles.